The zero-order valence-corrected chi connectivity index (χ0v) is 15.8. The second-order valence-corrected chi connectivity index (χ2v) is 6.74. The number of fused-ring (bicyclic) bond motifs is 3. The number of halogens is 1. The molecule has 0 radical (unpaired) electrons. The number of aliphatic hydroxyl groups excluding tert-OH is 2. The van der Waals surface area contributed by atoms with Gasteiger partial charge in [-0.25, -0.2) is 4.39 Å². The summed E-state index contributed by atoms with van der Waals surface area (Å²) in [4.78, 5) is 0. The van der Waals surface area contributed by atoms with Crippen LogP contribution >= 0.6 is 0 Å². The first-order valence-corrected chi connectivity index (χ1v) is 9.20. The molecule has 1 heterocycles. The van der Waals surface area contributed by atoms with Crippen LogP contribution in [-0.2, 0) is 6.54 Å². The molecule has 0 aromatic heterocycles. The summed E-state index contributed by atoms with van der Waals surface area (Å²) in [5.41, 5.74) is 2.38. The number of methoxy groups -OCH3 is 1. The van der Waals surface area contributed by atoms with Crippen molar-refractivity contribution in [1.82, 2.24) is 10.2 Å². The molecule has 8 heteroatoms. The van der Waals surface area contributed by atoms with Crippen molar-refractivity contribution in [2.45, 2.75) is 12.6 Å². The Hall–Kier alpha value is -3.23. The van der Waals surface area contributed by atoms with E-state index in [4.69, 9.17) is 14.6 Å². The van der Waals surface area contributed by atoms with Crippen LogP contribution in [0.15, 0.2) is 42.5 Å². The van der Waals surface area contributed by atoms with Gasteiger partial charge in [0.1, 0.15) is 24.3 Å². The summed E-state index contributed by atoms with van der Waals surface area (Å²) < 4.78 is 24.9. The van der Waals surface area contributed by atoms with Crippen molar-refractivity contribution >= 4 is 16.6 Å². The molecule has 0 saturated heterocycles. The molecule has 1 aliphatic heterocycles. The quantitative estimate of drug-likeness (QED) is 0.313. The number of benzene rings is 2. The third kappa shape index (κ3) is 3.72. The number of H-pyrrole nitrogens is 2. The number of aromatic amines is 2. The minimum absolute atomic E-state index is 0.0415. The summed E-state index contributed by atoms with van der Waals surface area (Å²) in [7, 11) is 1.54. The highest BCUT2D eigenvalue weighted by Gasteiger charge is 2.20. The standard InChI is InChI=1S/C21H22FN3O4/c1-28-18-8-15-13(7-19(18)29-11-14(27)10-26)6-16-20(15)24-25-21(16)23-9-12-4-2-3-5-17(12)22/h2-8,14,23-27H,9-11H2,1H3. The lowest BCUT2D eigenvalue weighted by Gasteiger charge is -2.13. The molecule has 4 rings (SSSR count). The second-order valence-electron chi connectivity index (χ2n) is 6.74. The Bertz CT molecular complexity index is 1090. The van der Waals surface area contributed by atoms with Gasteiger partial charge in [0.25, 0.3) is 0 Å². The topological polar surface area (TPSA) is 103 Å². The van der Waals surface area contributed by atoms with E-state index in [9.17, 15) is 9.50 Å². The van der Waals surface area contributed by atoms with Crippen molar-refractivity contribution in [2.24, 2.45) is 0 Å². The van der Waals surface area contributed by atoms with Gasteiger partial charge in [-0.05, 0) is 29.7 Å². The highest BCUT2D eigenvalue weighted by molar-refractivity contribution is 6.05. The first-order chi connectivity index (χ1) is 14.1. The van der Waals surface area contributed by atoms with Gasteiger partial charge in [0.2, 0.25) is 0 Å². The van der Waals surface area contributed by atoms with Gasteiger partial charge in [0.15, 0.2) is 11.5 Å². The number of aliphatic hydroxyl groups is 2. The molecule has 5 N–H and O–H groups in total. The lowest BCUT2D eigenvalue weighted by Crippen LogP contribution is -2.21. The van der Waals surface area contributed by atoms with E-state index in [0.29, 0.717) is 23.6 Å². The Balaban J connectivity index is 1.62. The zero-order chi connectivity index (χ0) is 20.4. The highest BCUT2D eigenvalue weighted by atomic mass is 19.1. The molecule has 1 aliphatic carbocycles. The van der Waals surface area contributed by atoms with Crippen molar-refractivity contribution in [3.05, 3.63) is 53.8 Å². The average molecular weight is 399 g/mol. The van der Waals surface area contributed by atoms with Crippen molar-refractivity contribution in [3.63, 3.8) is 0 Å². The van der Waals surface area contributed by atoms with Crippen LogP contribution in [0.1, 0.15) is 5.56 Å². The van der Waals surface area contributed by atoms with Gasteiger partial charge >= 0.3 is 0 Å². The van der Waals surface area contributed by atoms with Gasteiger partial charge in [0, 0.05) is 23.1 Å². The minimum atomic E-state index is -0.964. The average Bonchev–Trinajstić information content (AvgIpc) is 3.29. The molecule has 152 valence electrons. The lowest BCUT2D eigenvalue weighted by molar-refractivity contribution is 0.0528. The summed E-state index contributed by atoms with van der Waals surface area (Å²) in [5, 5.41) is 29.8. The summed E-state index contributed by atoms with van der Waals surface area (Å²) in [5.74, 6) is 1.49. The number of nitrogens with one attached hydrogen (secondary N) is 3. The van der Waals surface area contributed by atoms with Crippen LogP contribution in [0.3, 0.4) is 0 Å². The minimum Gasteiger partial charge on any atom is -0.493 e. The van der Waals surface area contributed by atoms with E-state index >= 15 is 0 Å². The molecule has 7 nitrogen and oxygen atoms in total. The van der Waals surface area contributed by atoms with Gasteiger partial charge in [-0.3, -0.25) is 10.2 Å². The van der Waals surface area contributed by atoms with Crippen LogP contribution in [0.25, 0.3) is 22.0 Å². The number of hydrogen-bond acceptors (Lipinski definition) is 5. The number of ether oxygens (including phenoxy) is 2. The first kappa shape index (κ1) is 19.1. The van der Waals surface area contributed by atoms with Crippen LogP contribution in [0.5, 0.6) is 11.5 Å². The smallest absolute Gasteiger partial charge is 0.161 e. The van der Waals surface area contributed by atoms with E-state index in [0.717, 1.165) is 27.8 Å². The van der Waals surface area contributed by atoms with Crippen molar-refractivity contribution in [2.75, 3.05) is 25.6 Å². The second kappa shape index (κ2) is 8.02. The van der Waals surface area contributed by atoms with E-state index in [1.54, 1.807) is 25.3 Å². The Labute approximate surface area is 166 Å². The van der Waals surface area contributed by atoms with Gasteiger partial charge in [0.05, 0.1) is 19.4 Å². The number of anilines is 1. The predicted octanol–water partition coefficient (Wildman–Crippen LogP) is 3.09. The van der Waals surface area contributed by atoms with E-state index < -0.39 is 6.10 Å². The van der Waals surface area contributed by atoms with E-state index in [1.165, 1.54) is 6.07 Å². The molecule has 29 heavy (non-hydrogen) atoms. The highest BCUT2D eigenvalue weighted by Crippen LogP contribution is 2.42. The van der Waals surface area contributed by atoms with Crippen LogP contribution in [0.4, 0.5) is 10.2 Å². The summed E-state index contributed by atoms with van der Waals surface area (Å²) in [6, 6.07) is 12.3. The Morgan fingerprint density at radius 2 is 1.97 bits per heavy atom. The molecule has 0 spiro atoms. The Kier molecular flexibility index (Phi) is 5.28. The summed E-state index contributed by atoms with van der Waals surface area (Å²) in [6.45, 7) is -0.0780. The Morgan fingerprint density at radius 3 is 2.72 bits per heavy atom. The van der Waals surface area contributed by atoms with Crippen LogP contribution in [0.2, 0.25) is 0 Å². The summed E-state index contributed by atoms with van der Waals surface area (Å²) >= 11 is 0. The lowest BCUT2D eigenvalue weighted by atomic mass is 10.2. The van der Waals surface area contributed by atoms with E-state index in [2.05, 4.69) is 15.5 Å². The fourth-order valence-corrected chi connectivity index (χ4v) is 3.28. The zero-order valence-electron chi connectivity index (χ0n) is 15.8. The number of hydrogen-bond donors (Lipinski definition) is 5. The molecule has 0 amide bonds. The molecular formula is C21H22FN3O4. The maximum atomic E-state index is 13.9. The van der Waals surface area contributed by atoms with Crippen molar-refractivity contribution < 1.29 is 24.1 Å². The van der Waals surface area contributed by atoms with Crippen molar-refractivity contribution in [3.8, 4) is 22.8 Å². The van der Waals surface area contributed by atoms with Crippen molar-refractivity contribution in [1.29, 1.82) is 0 Å². The number of aromatic nitrogens is 2. The predicted molar refractivity (Wildman–Crippen MR) is 108 cm³/mol. The third-order valence-electron chi connectivity index (χ3n) is 4.81. The Morgan fingerprint density at radius 1 is 1.14 bits per heavy atom. The number of rotatable bonds is 8. The van der Waals surface area contributed by atoms with Gasteiger partial charge in [-0.2, -0.15) is 0 Å². The van der Waals surface area contributed by atoms with Gasteiger partial charge < -0.3 is 25.0 Å². The largest absolute Gasteiger partial charge is 0.493 e. The molecule has 2 aromatic rings. The first-order valence-electron chi connectivity index (χ1n) is 9.20. The third-order valence-corrected chi connectivity index (χ3v) is 4.81. The molecular weight excluding hydrogens is 377 g/mol. The monoisotopic (exact) mass is 399 g/mol. The van der Waals surface area contributed by atoms with Crippen LogP contribution < -0.4 is 14.8 Å². The SMILES string of the molecule is COc1cc2c3[nH][nH]c(NCc4ccccc4F)c-3cc2cc1OCC(O)CO. The molecule has 0 bridgehead atoms. The molecule has 2 aliphatic rings. The maximum absolute atomic E-state index is 13.9. The molecule has 1 atom stereocenters. The maximum Gasteiger partial charge on any atom is 0.161 e. The van der Waals surface area contributed by atoms with Gasteiger partial charge in [-0.15, -0.1) is 0 Å². The fraction of sp³-hybridized carbons (Fsp3) is 0.238. The summed E-state index contributed by atoms with van der Waals surface area (Å²) in [6.07, 6.45) is -0.964. The molecule has 1 unspecified atom stereocenters. The molecule has 0 fully saturated rings. The van der Waals surface area contributed by atoms with E-state index in [1.807, 2.05) is 18.2 Å². The van der Waals surface area contributed by atoms with E-state index in [-0.39, 0.29) is 19.0 Å². The van der Waals surface area contributed by atoms with Crippen LogP contribution in [0, 0.1) is 5.82 Å². The molecule has 0 saturated carbocycles. The fourth-order valence-electron chi connectivity index (χ4n) is 3.28. The van der Waals surface area contributed by atoms with Crippen LogP contribution in [-0.4, -0.2) is 46.8 Å². The molecule has 2 aromatic carbocycles. The van der Waals surface area contributed by atoms with Gasteiger partial charge in [-0.1, -0.05) is 18.2 Å². The normalized spacial score (nSPS) is 12.4.